The average Bonchev–Trinajstić information content (AvgIpc) is 3.93. The van der Waals surface area contributed by atoms with Gasteiger partial charge in [0.05, 0.1) is 98.3 Å². The van der Waals surface area contributed by atoms with Crippen molar-refractivity contribution in [1.29, 1.82) is 5.26 Å². The molecule has 16 nitrogen and oxygen atoms in total. The summed E-state index contributed by atoms with van der Waals surface area (Å²) in [6, 6.07) is 28.7. The van der Waals surface area contributed by atoms with Crippen LogP contribution in [0.4, 0.5) is 4.79 Å². The summed E-state index contributed by atoms with van der Waals surface area (Å²) in [5.74, 6) is 2.46. The minimum Gasteiger partial charge on any atom is -0.497 e. The van der Waals surface area contributed by atoms with E-state index in [-0.39, 0.29) is 62.3 Å². The number of ether oxygens (including phenoxy) is 7. The maximum Gasteiger partial charge on any atom is 0.315 e. The summed E-state index contributed by atoms with van der Waals surface area (Å²) in [7, 11) is 1.67. The Balaban J connectivity index is 1.07. The molecule has 0 saturated carbocycles. The van der Waals surface area contributed by atoms with Gasteiger partial charge < -0.3 is 58.2 Å². The lowest BCUT2D eigenvalue weighted by Gasteiger charge is -2.39. The molecule has 2 unspecified atom stereocenters. The smallest absolute Gasteiger partial charge is 0.315 e. The summed E-state index contributed by atoms with van der Waals surface area (Å²) in [5.41, 5.74) is 1.62. The molecule has 0 radical (unpaired) electrons. The number of hydrogen-bond acceptors (Lipinski definition) is 14. The normalized spacial score (nSPS) is 17.5. The van der Waals surface area contributed by atoms with Gasteiger partial charge in [0, 0.05) is 42.7 Å². The van der Waals surface area contributed by atoms with Crippen molar-refractivity contribution in [2.45, 2.75) is 107 Å². The molecule has 3 amide bonds. The summed E-state index contributed by atoms with van der Waals surface area (Å²) in [6.45, 7) is 12.4. The maximum absolute atomic E-state index is 12.3. The number of nitrogens with zero attached hydrogens (tertiary/aromatic N) is 2. The minimum atomic E-state index is -1.63. The molecule has 2 fully saturated rings. The molecule has 5 rings (SSSR count). The molecule has 5 atom stereocenters. The van der Waals surface area contributed by atoms with E-state index in [1.165, 1.54) is 0 Å². The zero-order valence-corrected chi connectivity index (χ0v) is 43.6. The van der Waals surface area contributed by atoms with Gasteiger partial charge in [0.15, 0.2) is 0 Å². The largest absolute Gasteiger partial charge is 0.497 e. The van der Waals surface area contributed by atoms with Gasteiger partial charge in [-0.25, -0.2) is 9.46 Å². The summed E-state index contributed by atoms with van der Waals surface area (Å²) < 4.78 is 57.3. The monoisotopic (exact) mass is 1010 g/mol. The molecule has 386 valence electrons. The first-order valence-electron chi connectivity index (χ1n) is 24.6. The zero-order valence-electron chi connectivity index (χ0n) is 41.9. The van der Waals surface area contributed by atoms with Crippen molar-refractivity contribution >= 4 is 32.2 Å². The molecule has 2 heterocycles. The highest BCUT2D eigenvalue weighted by atomic mass is 32.2. The molecular weight excluding hydrogens is 934 g/mol. The third-order valence-corrected chi connectivity index (χ3v) is 15.5. The first-order chi connectivity index (χ1) is 34.1. The molecule has 0 aliphatic carbocycles. The van der Waals surface area contributed by atoms with Gasteiger partial charge in [0.1, 0.15) is 23.2 Å². The Kier molecular flexibility index (Phi) is 25.5. The van der Waals surface area contributed by atoms with E-state index in [0.29, 0.717) is 64.5 Å². The summed E-state index contributed by atoms with van der Waals surface area (Å²) >= 11 is 1.90. The first-order valence-corrected chi connectivity index (χ1v) is 26.8. The predicted molar refractivity (Wildman–Crippen MR) is 273 cm³/mol. The van der Waals surface area contributed by atoms with Crippen molar-refractivity contribution in [3.05, 3.63) is 95.6 Å². The van der Waals surface area contributed by atoms with Crippen LogP contribution in [0.5, 0.6) is 11.5 Å². The molecule has 0 spiro atoms. The number of unbranched alkanes of at least 4 members (excludes halogenated alkanes) is 1. The van der Waals surface area contributed by atoms with E-state index < -0.39 is 20.2 Å². The predicted octanol–water partition coefficient (Wildman–Crippen LogP) is 7.97. The zero-order chi connectivity index (χ0) is 50.0. The third kappa shape index (κ3) is 17.9. The van der Waals surface area contributed by atoms with Crippen molar-refractivity contribution < 1.29 is 51.8 Å². The van der Waals surface area contributed by atoms with E-state index in [9.17, 15) is 14.9 Å². The number of nitrogens with one attached hydrogen (secondary N) is 3. The van der Waals surface area contributed by atoms with Crippen LogP contribution < -0.4 is 25.4 Å². The molecule has 3 N–H and O–H groups in total. The number of benzene rings is 3. The van der Waals surface area contributed by atoms with Crippen LogP contribution in [0.25, 0.3) is 0 Å². The highest BCUT2D eigenvalue weighted by Gasteiger charge is 2.43. The van der Waals surface area contributed by atoms with Crippen LogP contribution in [-0.4, -0.2) is 145 Å². The quantitative estimate of drug-likeness (QED) is 0.0221. The minimum absolute atomic E-state index is 0.0620. The van der Waals surface area contributed by atoms with Crippen molar-refractivity contribution in [2.75, 3.05) is 92.6 Å². The lowest BCUT2D eigenvalue weighted by molar-refractivity contribution is -0.121. The van der Waals surface area contributed by atoms with Crippen molar-refractivity contribution in [3.63, 3.8) is 0 Å². The van der Waals surface area contributed by atoms with Crippen molar-refractivity contribution in [2.24, 2.45) is 0 Å². The Morgan fingerprint density at radius 1 is 0.771 bits per heavy atom. The molecule has 0 aromatic heterocycles. The standard InChI is InChI=1S/C52H76N5O11PS/c1-39(2)57(40(3)4)69(67-29-12-26-53)68-46(37-66-52(41-14-8-7-9-15-41,42-18-22-44(60-5)23-19-42)43-20-24-45(61-6)25-21-43)36-65-35-34-64-33-32-63-31-30-62-28-13-27-54-49(58)17-11-10-16-48-50-47(38-70-48)55-51(59)56-50/h7-9,14-15,18-25,39-40,46-48,50H,10-13,16-17,27-38H2,1-6H3,(H,54,58)(H2,55,56,59)/t46?,47-,48-,50-,69?/m0/s1. The van der Waals surface area contributed by atoms with E-state index in [1.54, 1.807) is 14.2 Å². The number of carbonyl (C=O) groups is 2. The average molecular weight is 1010 g/mol. The Bertz CT molecular complexity index is 1930. The Morgan fingerprint density at radius 2 is 1.36 bits per heavy atom. The number of hydrogen-bond donors (Lipinski definition) is 3. The van der Waals surface area contributed by atoms with Gasteiger partial charge in [-0.15, -0.1) is 0 Å². The number of thioether (sulfide) groups is 1. The van der Waals surface area contributed by atoms with Gasteiger partial charge in [0.2, 0.25) is 5.91 Å². The Morgan fingerprint density at radius 3 is 1.94 bits per heavy atom. The van der Waals surface area contributed by atoms with Crippen LogP contribution in [-0.2, 0) is 43.1 Å². The molecule has 70 heavy (non-hydrogen) atoms. The molecule has 2 saturated heterocycles. The number of methoxy groups -OCH3 is 2. The van der Waals surface area contributed by atoms with Gasteiger partial charge >= 0.3 is 6.03 Å². The highest BCUT2D eigenvalue weighted by molar-refractivity contribution is 8.00. The van der Waals surface area contributed by atoms with E-state index >= 15 is 0 Å². The summed E-state index contributed by atoms with van der Waals surface area (Å²) in [5, 5.41) is 18.8. The van der Waals surface area contributed by atoms with E-state index in [1.807, 2.05) is 78.5 Å². The molecule has 18 heteroatoms. The SMILES string of the molecule is COc1ccc(C(OCC(COCCOCCOCCOCCCNC(=O)CCCC[C@@H]2SC[C@@H]3NC(=O)N[C@@H]32)OP(OCCC#N)N(C(C)C)C(C)C)(c2ccccc2)c2ccc(OC)cc2)cc1. The van der Waals surface area contributed by atoms with E-state index in [2.05, 4.69) is 66.5 Å². The molecule has 0 bridgehead atoms. The van der Waals surface area contributed by atoms with Crippen LogP contribution in [0.15, 0.2) is 78.9 Å². The lowest BCUT2D eigenvalue weighted by Crippen LogP contribution is -2.39. The number of nitriles is 1. The van der Waals surface area contributed by atoms with E-state index in [0.717, 1.165) is 59.6 Å². The second kappa shape index (κ2) is 31.4. The fourth-order valence-electron chi connectivity index (χ4n) is 8.46. The fraction of sp³-hybridized carbons (Fsp3) is 0.596. The lowest BCUT2D eigenvalue weighted by atomic mass is 9.80. The second-order valence-electron chi connectivity index (χ2n) is 17.6. The van der Waals surface area contributed by atoms with Gasteiger partial charge in [-0.1, -0.05) is 61.0 Å². The molecule has 3 aromatic rings. The number of urea groups is 1. The van der Waals surface area contributed by atoms with Crippen LogP contribution in [0, 0.1) is 11.3 Å². The molecular formula is C52H76N5O11PS. The van der Waals surface area contributed by atoms with Crippen molar-refractivity contribution in [1.82, 2.24) is 20.6 Å². The number of amides is 3. The number of fused-ring (bicyclic) bond motifs is 1. The highest BCUT2D eigenvalue weighted by Crippen LogP contribution is 2.48. The molecule has 3 aromatic carbocycles. The van der Waals surface area contributed by atoms with Crippen LogP contribution >= 0.6 is 20.3 Å². The van der Waals surface area contributed by atoms with Crippen molar-refractivity contribution in [3.8, 4) is 17.6 Å². The first kappa shape index (κ1) is 56.9. The third-order valence-electron chi connectivity index (χ3n) is 11.8. The number of carbonyl (C=O) groups excluding carboxylic acids is 2. The Labute approximate surface area is 421 Å². The van der Waals surface area contributed by atoms with E-state index in [4.69, 9.17) is 42.2 Å². The van der Waals surface area contributed by atoms with Crippen LogP contribution in [0.2, 0.25) is 0 Å². The second-order valence-corrected chi connectivity index (χ2v) is 20.3. The summed E-state index contributed by atoms with van der Waals surface area (Å²) in [4.78, 5) is 23.9. The molecule has 2 aliphatic rings. The van der Waals surface area contributed by atoms with Gasteiger partial charge in [-0.2, -0.15) is 17.0 Å². The van der Waals surface area contributed by atoms with Gasteiger partial charge in [-0.05, 0) is 87.9 Å². The van der Waals surface area contributed by atoms with Gasteiger partial charge in [0.25, 0.3) is 8.53 Å². The van der Waals surface area contributed by atoms with Crippen LogP contribution in [0.1, 0.15) is 82.9 Å². The van der Waals surface area contributed by atoms with Gasteiger partial charge in [-0.3, -0.25) is 4.79 Å². The maximum atomic E-state index is 12.3. The number of rotatable bonds is 36. The topological polar surface area (TPSA) is 180 Å². The molecule has 2 aliphatic heterocycles. The van der Waals surface area contributed by atoms with Crippen LogP contribution in [0.3, 0.4) is 0 Å². The summed E-state index contributed by atoms with van der Waals surface area (Å²) in [6.07, 6.45) is 3.69. The fourth-order valence-corrected chi connectivity index (χ4v) is 11.7. The Hall–Kier alpha value is -4.05.